The molecule has 1 amide bonds. The molecule has 0 saturated carbocycles. The summed E-state index contributed by atoms with van der Waals surface area (Å²) in [7, 11) is 0. The van der Waals surface area contributed by atoms with Gasteiger partial charge in [0.2, 0.25) is 0 Å². The quantitative estimate of drug-likeness (QED) is 0.424. The molecule has 1 heterocycles. The standard InChI is InChI=1S/C21H17NO4S2/c1-3-10-26-17-7-5-4-6-14(17)12-18-19(23)22(21(27)28-18)16-11-15(20(24)25)9-8-13(16)2/h3-9,11-12H,1,10H2,2H3,(H,24,25). The Morgan fingerprint density at radius 3 is 2.79 bits per heavy atom. The molecule has 0 aromatic heterocycles. The van der Waals surface area contributed by atoms with Crippen LogP contribution in [0, 0.1) is 6.92 Å². The van der Waals surface area contributed by atoms with Crippen LogP contribution in [0.5, 0.6) is 5.75 Å². The smallest absolute Gasteiger partial charge is 0.335 e. The highest BCUT2D eigenvalue weighted by atomic mass is 32.2. The van der Waals surface area contributed by atoms with Gasteiger partial charge < -0.3 is 9.84 Å². The van der Waals surface area contributed by atoms with Gasteiger partial charge in [-0.15, -0.1) is 0 Å². The van der Waals surface area contributed by atoms with Crippen LogP contribution in [0.2, 0.25) is 0 Å². The normalized spacial score (nSPS) is 15.2. The molecule has 7 heteroatoms. The number of benzene rings is 2. The molecule has 0 bridgehead atoms. The summed E-state index contributed by atoms with van der Waals surface area (Å²) in [6.07, 6.45) is 3.38. The van der Waals surface area contributed by atoms with Crippen molar-refractivity contribution in [2.24, 2.45) is 0 Å². The van der Waals surface area contributed by atoms with Crippen LogP contribution in [0.4, 0.5) is 5.69 Å². The first-order valence-electron chi connectivity index (χ1n) is 8.37. The Kier molecular flexibility index (Phi) is 5.96. The van der Waals surface area contributed by atoms with E-state index in [0.29, 0.717) is 27.3 Å². The van der Waals surface area contributed by atoms with Crippen molar-refractivity contribution in [2.75, 3.05) is 11.5 Å². The highest BCUT2D eigenvalue weighted by Gasteiger charge is 2.34. The van der Waals surface area contributed by atoms with E-state index in [-0.39, 0.29) is 11.5 Å². The predicted molar refractivity (Wildman–Crippen MR) is 116 cm³/mol. The molecule has 1 aliphatic heterocycles. The van der Waals surface area contributed by atoms with Crippen molar-refractivity contribution in [1.29, 1.82) is 0 Å². The van der Waals surface area contributed by atoms with E-state index in [2.05, 4.69) is 6.58 Å². The summed E-state index contributed by atoms with van der Waals surface area (Å²) in [6.45, 7) is 5.80. The lowest BCUT2D eigenvalue weighted by Crippen LogP contribution is -2.28. The number of rotatable bonds is 6. The summed E-state index contributed by atoms with van der Waals surface area (Å²) in [6, 6.07) is 12.0. The van der Waals surface area contributed by atoms with Crippen molar-refractivity contribution < 1.29 is 19.4 Å². The number of hydrogen-bond donors (Lipinski definition) is 1. The van der Waals surface area contributed by atoms with E-state index in [1.54, 1.807) is 18.2 Å². The molecule has 0 spiro atoms. The molecule has 2 aromatic carbocycles. The maximum Gasteiger partial charge on any atom is 0.335 e. The minimum atomic E-state index is -1.06. The first-order chi connectivity index (χ1) is 13.4. The Hall–Kier alpha value is -2.90. The second kappa shape index (κ2) is 8.41. The molecular formula is C21H17NO4S2. The molecule has 28 heavy (non-hydrogen) atoms. The monoisotopic (exact) mass is 411 g/mol. The van der Waals surface area contributed by atoms with E-state index in [0.717, 1.165) is 11.1 Å². The number of carbonyl (C=O) groups is 2. The number of hydrogen-bond acceptors (Lipinski definition) is 5. The fourth-order valence-electron chi connectivity index (χ4n) is 2.68. The average Bonchev–Trinajstić information content (AvgIpc) is 2.94. The highest BCUT2D eigenvalue weighted by molar-refractivity contribution is 8.27. The average molecular weight is 412 g/mol. The van der Waals surface area contributed by atoms with E-state index < -0.39 is 5.97 Å². The fraction of sp³-hybridized carbons (Fsp3) is 0.0952. The number of carboxylic acids is 1. The number of carboxylic acid groups (broad SMARTS) is 1. The van der Waals surface area contributed by atoms with Crippen molar-refractivity contribution in [1.82, 2.24) is 0 Å². The molecule has 1 N–H and O–H groups in total. The number of aromatic carboxylic acids is 1. The Morgan fingerprint density at radius 1 is 1.32 bits per heavy atom. The van der Waals surface area contributed by atoms with Crippen LogP contribution in [0.25, 0.3) is 6.08 Å². The Morgan fingerprint density at radius 2 is 2.07 bits per heavy atom. The number of carbonyl (C=O) groups excluding carboxylic acids is 1. The number of thioether (sulfide) groups is 1. The van der Waals surface area contributed by atoms with Crippen LogP contribution in [0.15, 0.2) is 60.0 Å². The van der Waals surface area contributed by atoms with Crippen LogP contribution >= 0.6 is 24.0 Å². The SMILES string of the molecule is C=CCOc1ccccc1C=C1SC(=S)N(c2cc(C(=O)O)ccc2C)C1=O. The lowest BCUT2D eigenvalue weighted by atomic mass is 10.1. The summed E-state index contributed by atoms with van der Waals surface area (Å²) in [5, 5.41) is 9.25. The van der Waals surface area contributed by atoms with Gasteiger partial charge in [0.25, 0.3) is 5.91 Å². The molecular weight excluding hydrogens is 394 g/mol. The maximum absolute atomic E-state index is 13.0. The van der Waals surface area contributed by atoms with Crippen molar-refractivity contribution in [2.45, 2.75) is 6.92 Å². The minimum Gasteiger partial charge on any atom is -0.489 e. The molecule has 2 aromatic rings. The second-order valence-corrected chi connectivity index (χ2v) is 7.64. The summed E-state index contributed by atoms with van der Waals surface area (Å²) < 4.78 is 5.99. The van der Waals surface area contributed by atoms with Gasteiger partial charge in [-0.05, 0) is 36.8 Å². The van der Waals surface area contributed by atoms with Crippen LogP contribution in [-0.4, -0.2) is 27.9 Å². The van der Waals surface area contributed by atoms with E-state index >= 15 is 0 Å². The third kappa shape index (κ3) is 4.00. The highest BCUT2D eigenvalue weighted by Crippen LogP contribution is 2.38. The third-order valence-electron chi connectivity index (χ3n) is 4.05. The maximum atomic E-state index is 13.0. The van der Waals surface area contributed by atoms with Gasteiger partial charge in [-0.3, -0.25) is 9.69 Å². The topological polar surface area (TPSA) is 66.8 Å². The van der Waals surface area contributed by atoms with Gasteiger partial charge in [-0.25, -0.2) is 4.79 Å². The van der Waals surface area contributed by atoms with E-state index in [1.165, 1.54) is 28.8 Å². The number of ether oxygens (including phenoxy) is 1. The fourth-order valence-corrected chi connectivity index (χ4v) is 3.96. The largest absolute Gasteiger partial charge is 0.489 e. The molecule has 3 rings (SSSR count). The molecule has 0 unspecified atom stereocenters. The lowest BCUT2D eigenvalue weighted by Gasteiger charge is -2.17. The van der Waals surface area contributed by atoms with Gasteiger partial charge in [0, 0.05) is 5.56 Å². The summed E-state index contributed by atoms with van der Waals surface area (Å²) in [5.41, 5.74) is 2.09. The van der Waals surface area contributed by atoms with Crippen molar-refractivity contribution >= 4 is 51.9 Å². The van der Waals surface area contributed by atoms with Crippen LogP contribution in [-0.2, 0) is 4.79 Å². The van der Waals surface area contributed by atoms with Crippen molar-refractivity contribution in [3.05, 3.63) is 76.7 Å². The summed E-state index contributed by atoms with van der Waals surface area (Å²) in [4.78, 5) is 26.1. The van der Waals surface area contributed by atoms with Gasteiger partial charge in [-0.1, -0.05) is 60.9 Å². The zero-order valence-corrected chi connectivity index (χ0v) is 16.7. The predicted octanol–water partition coefficient (Wildman–Crippen LogP) is 4.66. The van der Waals surface area contributed by atoms with Crippen molar-refractivity contribution in [3.8, 4) is 5.75 Å². The lowest BCUT2D eigenvalue weighted by molar-refractivity contribution is -0.113. The number of aryl methyl sites for hydroxylation is 1. The van der Waals surface area contributed by atoms with Crippen LogP contribution < -0.4 is 9.64 Å². The number of thiocarbonyl (C=S) groups is 1. The van der Waals surface area contributed by atoms with Crippen LogP contribution in [0.1, 0.15) is 21.5 Å². The van der Waals surface area contributed by atoms with E-state index in [4.69, 9.17) is 17.0 Å². The molecule has 0 aliphatic carbocycles. The first kappa shape index (κ1) is 19.9. The van der Waals surface area contributed by atoms with Gasteiger partial charge in [0.15, 0.2) is 4.32 Å². The van der Waals surface area contributed by atoms with Gasteiger partial charge in [-0.2, -0.15) is 0 Å². The zero-order chi connectivity index (χ0) is 20.3. The first-order valence-corrected chi connectivity index (χ1v) is 9.59. The minimum absolute atomic E-state index is 0.0989. The Labute approximate surface area is 172 Å². The summed E-state index contributed by atoms with van der Waals surface area (Å²) >= 11 is 6.57. The third-order valence-corrected chi connectivity index (χ3v) is 5.36. The Bertz CT molecular complexity index is 1010. The molecule has 5 nitrogen and oxygen atoms in total. The Balaban J connectivity index is 1.97. The number of para-hydroxylation sites is 1. The number of anilines is 1. The van der Waals surface area contributed by atoms with Gasteiger partial charge >= 0.3 is 5.97 Å². The summed E-state index contributed by atoms with van der Waals surface area (Å²) in [5.74, 6) is -0.716. The van der Waals surface area contributed by atoms with Crippen molar-refractivity contribution in [3.63, 3.8) is 0 Å². The zero-order valence-electron chi connectivity index (χ0n) is 15.0. The van der Waals surface area contributed by atoms with Gasteiger partial charge in [0.1, 0.15) is 12.4 Å². The molecule has 142 valence electrons. The van der Waals surface area contributed by atoms with E-state index in [9.17, 15) is 14.7 Å². The second-order valence-electron chi connectivity index (χ2n) is 5.96. The van der Waals surface area contributed by atoms with Crippen LogP contribution in [0.3, 0.4) is 0 Å². The van der Waals surface area contributed by atoms with E-state index in [1.807, 2.05) is 31.2 Å². The number of amides is 1. The molecule has 1 saturated heterocycles. The van der Waals surface area contributed by atoms with Gasteiger partial charge in [0.05, 0.1) is 16.2 Å². The molecule has 0 radical (unpaired) electrons. The molecule has 1 aliphatic rings. The molecule has 1 fully saturated rings. The molecule has 0 atom stereocenters. The number of nitrogens with zero attached hydrogens (tertiary/aromatic N) is 1.